The molecule has 0 N–H and O–H groups in total. The summed E-state index contributed by atoms with van der Waals surface area (Å²) in [7, 11) is 0. The van der Waals surface area contributed by atoms with E-state index in [9.17, 15) is 18.0 Å². The van der Waals surface area contributed by atoms with E-state index in [-0.39, 0.29) is 6.54 Å². The lowest BCUT2D eigenvalue weighted by molar-refractivity contribution is -0.138. The van der Waals surface area contributed by atoms with E-state index < -0.39 is 17.3 Å². The molecule has 6 heteroatoms. The topological polar surface area (TPSA) is 31.2 Å². The molecule has 2 rings (SSSR count). The average Bonchev–Trinajstić information content (AvgIpc) is 2.44. The summed E-state index contributed by atoms with van der Waals surface area (Å²) in [5.41, 5.74) is -0.221. The Morgan fingerprint density at radius 1 is 1.18 bits per heavy atom. The van der Waals surface area contributed by atoms with Gasteiger partial charge in [0.2, 0.25) is 0 Å². The highest BCUT2D eigenvalue weighted by Gasteiger charge is 2.30. The van der Waals surface area contributed by atoms with Gasteiger partial charge in [-0.2, -0.15) is 13.2 Å². The standard InChI is InChI=1S/C16H16F3NO2/c1-12-4-2-5-14(10-12)22-9-3-8-20-11-13(16(17,18)19)6-7-15(20)21/h2,4-7,10-11H,3,8-9H2,1H3. The molecular weight excluding hydrogens is 295 g/mol. The minimum atomic E-state index is -4.45. The van der Waals surface area contributed by atoms with Gasteiger partial charge >= 0.3 is 6.18 Å². The zero-order valence-corrected chi connectivity index (χ0v) is 12.1. The van der Waals surface area contributed by atoms with Crippen molar-refractivity contribution in [2.45, 2.75) is 26.1 Å². The number of rotatable bonds is 5. The number of pyridine rings is 1. The molecule has 0 fully saturated rings. The molecule has 1 aromatic heterocycles. The Hall–Kier alpha value is -2.24. The van der Waals surface area contributed by atoms with Crippen molar-refractivity contribution in [2.24, 2.45) is 0 Å². The van der Waals surface area contributed by atoms with Crippen LogP contribution in [0.2, 0.25) is 0 Å². The predicted molar refractivity (Wildman–Crippen MR) is 77.0 cm³/mol. The fraction of sp³-hybridized carbons (Fsp3) is 0.312. The minimum Gasteiger partial charge on any atom is -0.494 e. The molecule has 0 saturated heterocycles. The third-order valence-corrected chi connectivity index (χ3v) is 3.11. The van der Waals surface area contributed by atoms with Crippen LogP contribution in [0.15, 0.2) is 47.4 Å². The average molecular weight is 311 g/mol. The van der Waals surface area contributed by atoms with Crippen LogP contribution in [0.1, 0.15) is 17.5 Å². The lowest BCUT2D eigenvalue weighted by atomic mass is 10.2. The van der Waals surface area contributed by atoms with Crippen molar-refractivity contribution < 1.29 is 17.9 Å². The molecule has 0 spiro atoms. The Kier molecular flexibility index (Phi) is 4.90. The van der Waals surface area contributed by atoms with Gasteiger partial charge < -0.3 is 9.30 Å². The summed E-state index contributed by atoms with van der Waals surface area (Å²) < 4.78 is 44.4. The molecule has 0 aliphatic carbocycles. The van der Waals surface area contributed by atoms with Gasteiger partial charge in [0.25, 0.3) is 5.56 Å². The first kappa shape index (κ1) is 16.1. The zero-order chi connectivity index (χ0) is 16.2. The number of aromatic nitrogens is 1. The highest BCUT2D eigenvalue weighted by Crippen LogP contribution is 2.28. The first-order chi connectivity index (χ1) is 10.4. The Morgan fingerprint density at radius 2 is 1.95 bits per heavy atom. The molecule has 0 amide bonds. The molecule has 0 radical (unpaired) electrons. The maximum atomic E-state index is 12.6. The van der Waals surface area contributed by atoms with Gasteiger partial charge in [0.15, 0.2) is 0 Å². The normalized spacial score (nSPS) is 11.5. The molecule has 0 atom stereocenters. The molecule has 3 nitrogen and oxygen atoms in total. The lowest BCUT2D eigenvalue weighted by Gasteiger charge is -2.11. The summed E-state index contributed by atoms with van der Waals surface area (Å²) in [6.07, 6.45) is -3.17. The number of hydrogen-bond acceptors (Lipinski definition) is 2. The fourth-order valence-corrected chi connectivity index (χ4v) is 2.00. The number of halogens is 3. The van der Waals surface area contributed by atoms with Gasteiger partial charge in [-0.1, -0.05) is 12.1 Å². The molecule has 0 unspecified atom stereocenters. The van der Waals surface area contributed by atoms with Crippen molar-refractivity contribution in [1.29, 1.82) is 0 Å². The number of alkyl halides is 3. The van der Waals surface area contributed by atoms with Gasteiger partial charge in [-0.25, -0.2) is 0 Å². The smallest absolute Gasteiger partial charge is 0.417 e. The van der Waals surface area contributed by atoms with Crippen molar-refractivity contribution in [3.05, 3.63) is 64.1 Å². The van der Waals surface area contributed by atoms with E-state index in [1.807, 2.05) is 31.2 Å². The van der Waals surface area contributed by atoms with E-state index in [1.54, 1.807) is 0 Å². The summed E-state index contributed by atoms with van der Waals surface area (Å²) in [4.78, 5) is 11.6. The molecule has 0 aliphatic heterocycles. The van der Waals surface area contributed by atoms with Gasteiger partial charge in [0.1, 0.15) is 5.75 Å². The van der Waals surface area contributed by atoms with E-state index in [1.165, 1.54) is 0 Å². The molecule has 118 valence electrons. The number of nitrogens with zero attached hydrogens (tertiary/aromatic N) is 1. The molecule has 1 heterocycles. The van der Waals surface area contributed by atoms with Crippen LogP contribution in [0.4, 0.5) is 13.2 Å². The van der Waals surface area contributed by atoms with E-state index in [4.69, 9.17) is 4.74 Å². The molecular formula is C16H16F3NO2. The summed E-state index contributed by atoms with van der Waals surface area (Å²) in [5, 5.41) is 0. The second-order valence-electron chi connectivity index (χ2n) is 4.97. The third kappa shape index (κ3) is 4.38. The molecule has 0 bridgehead atoms. The number of aryl methyl sites for hydroxylation is 2. The monoisotopic (exact) mass is 311 g/mol. The maximum absolute atomic E-state index is 12.6. The first-order valence-electron chi connectivity index (χ1n) is 6.83. The Balaban J connectivity index is 1.93. The van der Waals surface area contributed by atoms with Crippen molar-refractivity contribution in [3.63, 3.8) is 0 Å². The van der Waals surface area contributed by atoms with Gasteiger partial charge in [-0.05, 0) is 37.1 Å². The summed E-state index contributed by atoms with van der Waals surface area (Å²) in [6.45, 7) is 2.44. The van der Waals surface area contributed by atoms with Crippen LogP contribution in [-0.2, 0) is 12.7 Å². The quantitative estimate of drug-likeness (QED) is 0.789. The number of hydrogen-bond donors (Lipinski definition) is 0. The van der Waals surface area contributed by atoms with Crippen molar-refractivity contribution in [3.8, 4) is 5.75 Å². The fourth-order valence-electron chi connectivity index (χ4n) is 2.00. The zero-order valence-electron chi connectivity index (χ0n) is 12.1. The van der Waals surface area contributed by atoms with Gasteiger partial charge in [-0.15, -0.1) is 0 Å². The maximum Gasteiger partial charge on any atom is 0.417 e. The van der Waals surface area contributed by atoms with Crippen LogP contribution in [0.5, 0.6) is 5.75 Å². The van der Waals surface area contributed by atoms with Gasteiger partial charge in [0, 0.05) is 18.8 Å². The van der Waals surface area contributed by atoms with Crippen LogP contribution in [0.25, 0.3) is 0 Å². The summed E-state index contributed by atoms with van der Waals surface area (Å²) in [6, 6.07) is 9.21. The SMILES string of the molecule is Cc1cccc(OCCCn2cc(C(F)(F)F)ccc2=O)c1. The number of ether oxygens (including phenoxy) is 1. The second-order valence-corrected chi connectivity index (χ2v) is 4.97. The van der Waals surface area contributed by atoms with Crippen LogP contribution in [0, 0.1) is 6.92 Å². The highest BCUT2D eigenvalue weighted by atomic mass is 19.4. The van der Waals surface area contributed by atoms with Crippen LogP contribution < -0.4 is 10.3 Å². The van der Waals surface area contributed by atoms with E-state index in [2.05, 4.69) is 0 Å². The molecule has 1 aromatic carbocycles. The highest BCUT2D eigenvalue weighted by molar-refractivity contribution is 5.27. The second kappa shape index (κ2) is 6.68. The third-order valence-electron chi connectivity index (χ3n) is 3.11. The minimum absolute atomic E-state index is 0.175. The van der Waals surface area contributed by atoms with Crippen LogP contribution in [0.3, 0.4) is 0 Å². The molecule has 0 aliphatic rings. The Bertz CT molecular complexity index is 692. The molecule has 2 aromatic rings. The Morgan fingerprint density at radius 3 is 2.64 bits per heavy atom. The molecule has 0 saturated carbocycles. The Labute approximate surface area is 126 Å². The first-order valence-corrected chi connectivity index (χ1v) is 6.83. The van der Waals surface area contributed by atoms with Gasteiger partial charge in [0.05, 0.1) is 12.2 Å². The van der Waals surface area contributed by atoms with E-state index >= 15 is 0 Å². The predicted octanol–water partition coefficient (Wildman–Crippen LogP) is 3.64. The summed E-state index contributed by atoms with van der Waals surface area (Å²) in [5.74, 6) is 0.705. The van der Waals surface area contributed by atoms with Crippen LogP contribution >= 0.6 is 0 Å². The summed E-state index contributed by atoms with van der Waals surface area (Å²) >= 11 is 0. The van der Waals surface area contributed by atoms with E-state index in [0.717, 1.165) is 28.5 Å². The van der Waals surface area contributed by atoms with Gasteiger partial charge in [-0.3, -0.25) is 4.79 Å². The van der Waals surface area contributed by atoms with Crippen LogP contribution in [-0.4, -0.2) is 11.2 Å². The largest absolute Gasteiger partial charge is 0.494 e. The van der Waals surface area contributed by atoms with Crippen molar-refractivity contribution in [2.75, 3.05) is 6.61 Å². The van der Waals surface area contributed by atoms with E-state index in [0.29, 0.717) is 18.8 Å². The number of benzene rings is 1. The van der Waals surface area contributed by atoms with Crippen molar-refractivity contribution >= 4 is 0 Å². The lowest BCUT2D eigenvalue weighted by Crippen LogP contribution is -2.22. The molecule has 22 heavy (non-hydrogen) atoms. The van der Waals surface area contributed by atoms with Crippen molar-refractivity contribution in [1.82, 2.24) is 4.57 Å².